The molecule has 2 aromatic carbocycles. The van der Waals surface area contributed by atoms with E-state index in [-0.39, 0.29) is 6.42 Å². The SMILES string of the molecule is COc1ccc(C[C@H](NC(=O)Cc2c(F)cccc2F)C(=O)O)cc1. The highest BCUT2D eigenvalue weighted by Crippen LogP contribution is 2.14. The molecule has 132 valence electrons. The number of rotatable bonds is 7. The van der Waals surface area contributed by atoms with Gasteiger partial charge in [-0.15, -0.1) is 0 Å². The predicted octanol–water partition coefficient (Wildman–Crippen LogP) is 2.33. The Bertz CT molecular complexity index is 742. The van der Waals surface area contributed by atoms with Gasteiger partial charge in [-0.25, -0.2) is 13.6 Å². The molecule has 0 aliphatic carbocycles. The van der Waals surface area contributed by atoms with Crippen LogP contribution in [0.3, 0.4) is 0 Å². The fourth-order valence-electron chi connectivity index (χ4n) is 2.30. The second kappa shape index (κ2) is 8.23. The van der Waals surface area contributed by atoms with Crippen molar-refractivity contribution in [3.8, 4) is 5.75 Å². The van der Waals surface area contributed by atoms with Gasteiger partial charge < -0.3 is 15.2 Å². The lowest BCUT2D eigenvalue weighted by Crippen LogP contribution is -2.43. The number of hydrogen-bond donors (Lipinski definition) is 2. The van der Waals surface area contributed by atoms with Crippen molar-refractivity contribution in [2.75, 3.05) is 7.11 Å². The summed E-state index contributed by atoms with van der Waals surface area (Å²) in [6, 6.07) is 8.76. The number of aliphatic carboxylic acids is 1. The van der Waals surface area contributed by atoms with Gasteiger partial charge in [-0.05, 0) is 29.8 Å². The van der Waals surface area contributed by atoms with Crippen molar-refractivity contribution in [3.63, 3.8) is 0 Å². The molecule has 2 rings (SSSR count). The summed E-state index contributed by atoms with van der Waals surface area (Å²) in [6.45, 7) is 0. The zero-order valence-corrected chi connectivity index (χ0v) is 13.5. The van der Waals surface area contributed by atoms with Gasteiger partial charge in [0.2, 0.25) is 5.91 Å². The molecule has 0 radical (unpaired) electrons. The summed E-state index contributed by atoms with van der Waals surface area (Å²) in [6.07, 6.45) is -0.546. The molecule has 5 nitrogen and oxygen atoms in total. The van der Waals surface area contributed by atoms with E-state index in [1.165, 1.54) is 13.2 Å². The fourth-order valence-corrected chi connectivity index (χ4v) is 2.30. The van der Waals surface area contributed by atoms with E-state index in [2.05, 4.69) is 5.32 Å². The minimum absolute atomic E-state index is 0.0326. The number of methoxy groups -OCH3 is 1. The Morgan fingerprint density at radius 1 is 1.12 bits per heavy atom. The summed E-state index contributed by atoms with van der Waals surface area (Å²) in [7, 11) is 1.51. The Hall–Kier alpha value is -2.96. The Labute approximate surface area is 143 Å². The fraction of sp³-hybridized carbons (Fsp3) is 0.222. The first-order valence-electron chi connectivity index (χ1n) is 7.48. The third-order valence-electron chi connectivity index (χ3n) is 3.63. The number of hydrogen-bond acceptors (Lipinski definition) is 3. The van der Waals surface area contributed by atoms with Gasteiger partial charge in [-0.2, -0.15) is 0 Å². The Kier molecular flexibility index (Phi) is 6.05. The van der Waals surface area contributed by atoms with Crippen LogP contribution in [0, 0.1) is 11.6 Å². The highest BCUT2D eigenvalue weighted by molar-refractivity contribution is 5.85. The quantitative estimate of drug-likeness (QED) is 0.804. The number of carboxylic acids is 1. The molecule has 0 saturated carbocycles. The van der Waals surface area contributed by atoms with E-state index in [0.29, 0.717) is 11.3 Å². The third-order valence-corrected chi connectivity index (χ3v) is 3.63. The molecule has 0 spiro atoms. The van der Waals surface area contributed by atoms with E-state index in [1.807, 2.05) is 0 Å². The van der Waals surface area contributed by atoms with Crippen molar-refractivity contribution in [1.82, 2.24) is 5.32 Å². The normalized spacial score (nSPS) is 11.6. The van der Waals surface area contributed by atoms with Crippen LogP contribution in [0.2, 0.25) is 0 Å². The van der Waals surface area contributed by atoms with E-state index < -0.39 is 41.5 Å². The average Bonchev–Trinajstić information content (AvgIpc) is 2.58. The van der Waals surface area contributed by atoms with Crippen molar-refractivity contribution in [2.24, 2.45) is 0 Å². The number of amides is 1. The number of ether oxygens (including phenoxy) is 1. The molecule has 0 bridgehead atoms. The molecule has 0 unspecified atom stereocenters. The first-order valence-corrected chi connectivity index (χ1v) is 7.48. The van der Waals surface area contributed by atoms with Gasteiger partial charge in [-0.3, -0.25) is 4.79 Å². The highest BCUT2D eigenvalue weighted by Gasteiger charge is 2.22. The van der Waals surface area contributed by atoms with Crippen molar-refractivity contribution >= 4 is 11.9 Å². The minimum atomic E-state index is -1.24. The standard InChI is InChI=1S/C18H17F2NO4/c1-25-12-7-5-11(6-8-12)9-16(18(23)24)21-17(22)10-13-14(19)3-2-4-15(13)20/h2-8,16H,9-10H2,1H3,(H,21,22)(H,23,24)/t16-/m0/s1. The van der Waals surface area contributed by atoms with Crippen LogP contribution in [0.25, 0.3) is 0 Å². The average molecular weight is 349 g/mol. The molecular formula is C18H17F2NO4. The molecule has 2 aromatic rings. The van der Waals surface area contributed by atoms with Gasteiger partial charge in [0, 0.05) is 12.0 Å². The van der Waals surface area contributed by atoms with E-state index in [1.54, 1.807) is 24.3 Å². The number of carboxylic acid groups (broad SMARTS) is 1. The van der Waals surface area contributed by atoms with Crippen LogP contribution in [0.1, 0.15) is 11.1 Å². The molecular weight excluding hydrogens is 332 g/mol. The van der Waals surface area contributed by atoms with Crippen LogP contribution in [-0.2, 0) is 22.4 Å². The maximum Gasteiger partial charge on any atom is 0.326 e. The summed E-state index contributed by atoms with van der Waals surface area (Å²) in [5.74, 6) is -3.09. The van der Waals surface area contributed by atoms with Crippen LogP contribution < -0.4 is 10.1 Å². The van der Waals surface area contributed by atoms with Crippen LogP contribution in [0.15, 0.2) is 42.5 Å². The van der Waals surface area contributed by atoms with Gasteiger partial charge in [0.1, 0.15) is 23.4 Å². The molecule has 0 fully saturated rings. The maximum absolute atomic E-state index is 13.6. The zero-order chi connectivity index (χ0) is 18.4. The Balaban J connectivity index is 2.05. The van der Waals surface area contributed by atoms with Crippen LogP contribution in [0.4, 0.5) is 8.78 Å². The number of nitrogens with one attached hydrogen (secondary N) is 1. The molecule has 0 saturated heterocycles. The minimum Gasteiger partial charge on any atom is -0.497 e. The Morgan fingerprint density at radius 3 is 2.24 bits per heavy atom. The van der Waals surface area contributed by atoms with E-state index in [0.717, 1.165) is 12.1 Å². The van der Waals surface area contributed by atoms with E-state index >= 15 is 0 Å². The van der Waals surface area contributed by atoms with Crippen LogP contribution in [-0.4, -0.2) is 30.1 Å². The lowest BCUT2D eigenvalue weighted by atomic mass is 10.0. The maximum atomic E-state index is 13.6. The number of carbonyl (C=O) groups is 2. The highest BCUT2D eigenvalue weighted by atomic mass is 19.1. The first-order chi connectivity index (χ1) is 11.9. The van der Waals surface area contributed by atoms with Gasteiger partial charge >= 0.3 is 5.97 Å². The summed E-state index contributed by atoms with van der Waals surface area (Å²) >= 11 is 0. The second-order valence-corrected chi connectivity index (χ2v) is 5.39. The van der Waals surface area contributed by atoms with Crippen molar-refractivity contribution < 1.29 is 28.2 Å². The van der Waals surface area contributed by atoms with Crippen molar-refractivity contribution in [1.29, 1.82) is 0 Å². The monoisotopic (exact) mass is 349 g/mol. The van der Waals surface area contributed by atoms with Gasteiger partial charge in [0.25, 0.3) is 0 Å². The lowest BCUT2D eigenvalue weighted by Gasteiger charge is -2.15. The largest absolute Gasteiger partial charge is 0.497 e. The third kappa shape index (κ3) is 5.00. The zero-order valence-electron chi connectivity index (χ0n) is 13.5. The predicted molar refractivity (Wildman–Crippen MR) is 86.3 cm³/mol. The van der Waals surface area contributed by atoms with Crippen molar-refractivity contribution in [2.45, 2.75) is 18.9 Å². The van der Waals surface area contributed by atoms with Gasteiger partial charge in [0.15, 0.2) is 0 Å². The number of carbonyl (C=O) groups excluding carboxylic acids is 1. The van der Waals surface area contributed by atoms with E-state index in [4.69, 9.17) is 4.74 Å². The topological polar surface area (TPSA) is 75.6 Å². The first kappa shape index (κ1) is 18.4. The van der Waals surface area contributed by atoms with Crippen LogP contribution >= 0.6 is 0 Å². The Morgan fingerprint density at radius 2 is 1.72 bits per heavy atom. The molecule has 7 heteroatoms. The van der Waals surface area contributed by atoms with Gasteiger partial charge in [-0.1, -0.05) is 18.2 Å². The molecule has 0 aliphatic heterocycles. The molecule has 25 heavy (non-hydrogen) atoms. The molecule has 1 amide bonds. The summed E-state index contributed by atoms with van der Waals surface area (Å²) in [4.78, 5) is 23.4. The second-order valence-electron chi connectivity index (χ2n) is 5.39. The summed E-state index contributed by atoms with van der Waals surface area (Å²) in [5.41, 5.74) is 0.277. The number of halogens is 2. The van der Waals surface area contributed by atoms with Gasteiger partial charge in [0.05, 0.1) is 13.5 Å². The molecule has 0 aliphatic rings. The van der Waals surface area contributed by atoms with Crippen molar-refractivity contribution in [3.05, 3.63) is 65.2 Å². The molecule has 2 N–H and O–H groups in total. The molecule has 0 aromatic heterocycles. The number of benzene rings is 2. The summed E-state index contributed by atoms with van der Waals surface area (Å²) < 4.78 is 32.2. The molecule has 1 atom stereocenters. The molecule has 0 heterocycles. The lowest BCUT2D eigenvalue weighted by molar-refractivity contribution is -0.141. The smallest absolute Gasteiger partial charge is 0.326 e. The summed E-state index contributed by atoms with van der Waals surface area (Å²) in [5, 5.41) is 11.6. The van der Waals surface area contributed by atoms with Crippen LogP contribution in [0.5, 0.6) is 5.75 Å². The van der Waals surface area contributed by atoms with E-state index in [9.17, 15) is 23.5 Å².